The summed E-state index contributed by atoms with van der Waals surface area (Å²) < 4.78 is 7.93. The highest BCUT2D eigenvalue weighted by Gasteiger charge is 2.01. The minimum atomic E-state index is 0.540. The number of aryl methyl sites for hydroxylation is 1. The standard InChI is InChI=1S/C17H19N3O/c18-12-14-5-3-6-15(11-14)21-10-4-9-20-13-19-16-7-1-2-8-17(16)20/h1-3,5-8,11,13H,4,9-10,12,18H2. The number of hydrogen-bond donors (Lipinski definition) is 1. The zero-order chi connectivity index (χ0) is 14.5. The van der Waals surface area contributed by atoms with Crippen molar-refractivity contribution in [3.8, 4) is 5.75 Å². The largest absolute Gasteiger partial charge is 0.494 e. The van der Waals surface area contributed by atoms with Crippen molar-refractivity contribution in [2.75, 3.05) is 6.61 Å². The fraction of sp³-hybridized carbons (Fsp3) is 0.235. The number of para-hydroxylation sites is 2. The molecule has 0 amide bonds. The summed E-state index contributed by atoms with van der Waals surface area (Å²) in [6.45, 7) is 2.12. The molecular formula is C17H19N3O. The van der Waals surface area contributed by atoms with Gasteiger partial charge < -0.3 is 15.0 Å². The molecule has 1 heterocycles. The maximum absolute atomic E-state index is 5.77. The quantitative estimate of drug-likeness (QED) is 0.707. The van der Waals surface area contributed by atoms with Crippen molar-refractivity contribution < 1.29 is 4.74 Å². The Bertz CT molecular complexity index is 721. The third-order valence-corrected chi connectivity index (χ3v) is 3.47. The SMILES string of the molecule is NCc1cccc(OCCCn2cnc3ccccc32)c1. The van der Waals surface area contributed by atoms with Gasteiger partial charge in [0.1, 0.15) is 5.75 Å². The van der Waals surface area contributed by atoms with Crippen LogP contribution in [0, 0.1) is 0 Å². The molecule has 108 valence electrons. The van der Waals surface area contributed by atoms with Gasteiger partial charge in [0.15, 0.2) is 0 Å². The molecular weight excluding hydrogens is 262 g/mol. The molecule has 4 heteroatoms. The first-order chi connectivity index (χ1) is 10.4. The molecule has 3 aromatic rings. The zero-order valence-electron chi connectivity index (χ0n) is 11.9. The van der Waals surface area contributed by atoms with E-state index in [-0.39, 0.29) is 0 Å². The second-order valence-electron chi connectivity index (χ2n) is 4.98. The molecule has 2 N–H and O–H groups in total. The van der Waals surface area contributed by atoms with E-state index in [0.717, 1.165) is 29.8 Å². The molecule has 3 rings (SSSR count). The van der Waals surface area contributed by atoms with Gasteiger partial charge in [-0.1, -0.05) is 24.3 Å². The van der Waals surface area contributed by atoms with E-state index >= 15 is 0 Å². The first kappa shape index (κ1) is 13.6. The van der Waals surface area contributed by atoms with E-state index in [1.54, 1.807) is 0 Å². The van der Waals surface area contributed by atoms with Crippen LogP contribution in [0.25, 0.3) is 11.0 Å². The van der Waals surface area contributed by atoms with E-state index in [1.165, 1.54) is 5.52 Å². The molecule has 0 aliphatic heterocycles. The van der Waals surface area contributed by atoms with E-state index in [2.05, 4.69) is 15.6 Å². The van der Waals surface area contributed by atoms with Crippen molar-refractivity contribution >= 4 is 11.0 Å². The Balaban J connectivity index is 1.54. The number of nitrogens with zero attached hydrogens (tertiary/aromatic N) is 2. The van der Waals surface area contributed by atoms with Gasteiger partial charge in [-0.3, -0.25) is 0 Å². The normalized spacial score (nSPS) is 10.9. The number of rotatable bonds is 6. The lowest BCUT2D eigenvalue weighted by Gasteiger charge is -2.08. The number of hydrogen-bond acceptors (Lipinski definition) is 3. The molecule has 4 nitrogen and oxygen atoms in total. The molecule has 0 bridgehead atoms. The van der Waals surface area contributed by atoms with Crippen LogP contribution in [0.5, 0.6) is 5.75 Å². The molecule has 2 aromatic carbocycles. The average molecular weight is 281 g/mol. The molecule has 0 spiro atoms. The highest BCUT2D eigenvalue weighted by atomic mass is 16.5. The molecule has 0 atom stereocenters. The van der Waals surface area contributed by atoms with Crippen LogP contribution in [0.2, 0.25) is 0 Å². The van der Waals surface area contributed by atoms with Gasteiger partial charge in [0.05, 0.1) is 24.0 Å². The number of benzene rings is 2. The summed E-state index contributed by atoms with van der Waals surface area (Å²) >= 11 is 0. The van der Waals surface area contributed by atoms with Crippen molar-refractivity contribution in [3.63, 3.8) is 0 Å². The molecule has 21 heavy (non-hydrogen) atoms. The van der Waals surface area contributed by atoms with Crippen molar-refractivity contribution in [3.05, 3.63) is 60.4 Å². The average Bonchev–Trinajstić information content (AvgIpc) is 2.95. The summed E-state index contributed by atoms with van der Waals surface area (Å²) in [5, 5.41) is 0. The zero-order valence-corrected chi connectivity index (χ0v) is 11.9. The fourth-order valence-electron chi connectivity index (χ4n) is 2.38. The van der Waals surface area contributed by atoms with Crippen LogP contribution < -0.4 is 10.5 Å². The Morgan fingerprint density at radius 2 is 2.00 bits per heavy atom. The predicted octanol–water partition coefficient (Wildman–Crippen LogP) is 2.96. The van der Waals surface area contributed by atoms with Crippen molar-refractivity contribution in [1.82, 2.24) is 9.55 Å². The fourth-order valence-corrected chi connectivity index (χ4v) is 2.38. The van der Waals surface area contributed by atoms with Crippen LogP contribution >= 0.6 is 0 Å². The first-order valence-electron chi connectivity index (χ1n) is 7.18. The number of ether oxygens (including phenoxy) is 1. The van der Waals surface area contributed by atoms with Crippen LogP contribution in [0.15, 0.2) is 54.9 Å². The van der Waals surface area contributed by atoms with E-state index in [0.29, 0.717) is 13.2 Å². The highest BCUT2D eigenvalue weighted by Crippen LogP contribution is 2.14. The molecule has 0 aliphatic carbocycles. The van der Waals surface area contributed by atoms with Gasteiger partial charge in [-0.2, -0.15) is 0 Å². The Kier molecular flexibility index (Phi) is 4.17. The van der Waals surface area contributed by atoms with Gasteiger partial charge in [-0.05, 0) is 36.2 Å². The number of aromatic nitrogens is 2. The summed E-state index contributed by atoms with van der Waals surface area (Å²) in [5.41, 5.74) is 8.92. The molecule has 1 aromatic heterocycles. The maximum Gasteiger partial charge on any atom is 0.119 e. The van der Waals surface area contributed by atoms with Gasteiger partial charge in [0.2, 0.25) is 0 Å². The minimum Gasteiger partial charge on any atom is -0.494 e. The molecule has 0 aliphatic rings. The molecule has 0 unspecified atom stereocenters. The van der Waals surface area contributed by atoms with Crippen molar-refractivity contribution in [2.45, 2.75) is 19.5 Å². The summed E-state index contributed by atoms with van der Waals surface area (Å²) in [6, 6.07) is 16.1. The van der Waals surface area contributed by atoms with Crippen molar-refractivity contribution in [1.29, 1.82) is 0 Å². The predicted molar refractivity (Wildman–Crippen MR) is 84.2 cm³/mol. The molecule has 0 saturated heterocycles. The van der Waals surface area contributed by atoms with Crippen LogP contribution in [0.4, 0.5) is 0 Å². The van der Waals surface area contributed by atoms with Gasteiger partial charge >= 0.3 is 0 Å². The summed E-state index contributed by atoms with van der Waals surface area (Å²) in [6.07, 6.45) is 2.83. The lowest BCUT2D eigenvalue weighted by Crippen LogP contribution is -2.04. The number of nitrogens with two attached hydrogens (primary N) is 1. The maximum atomic E-state index is 5.77. The molecule has 0 saturated carbocycles. The summed E-state index contributed by atoms with van der Waals surface area (Å²) in [7, 11) is 0. The smallest absolute Gasteiger partial charge is 0.119 e. The monoisotopic (exact) mass is 281 g/mol. The first-order valence-corrected chi connectivity index (χ1v) is 7.18. The Morgan fingerprint density at radius 1 is 1.10 bits per heavy atom. The number of fused-ring (bicyclic) bond motifs is 1. The van der Waals surface area contributed by atoms with Crippen LogP contribution in [-0.4, -0.2) is 16.2 Å². The highest BCUT2D eigenvalue weighted by molar-refractivity contribution is 5.74. The Labute approximate surface area is 124 Å². The summed E-state index contributed by atoms with van der Waals surface area (Å²) in [5.74, 6) is 0.883. The van der Waals surface area contributed by atoms with Crippen LogP contribution in [0.1, 0.15) is 12.0 Å². The summed E-state index contributed by atoms with van der Waals surface area (Å²) in [4.78, 5) is 4.39. The van der Waals surface area contributed by atoms with Crippen LogP contribution in [-0.2, 0) is 13.1 Å². The van der Waals surface area contributed by atoms with Gasteiger partial charge in [0, 0.05) is 13.1 Å². The van der Waals surface area contributed by atoms with E-state index in [1.807, 2.05) is 48.8 Å². The third-order valence-electron chi connectivity index (χ3n) is 3.47. The van der Waals surface area contributed by atoms with E-state index < -0.39 is 0 Å². The Morgan fingerprint density at radius 3 is 2.90 bits per heavy atom. The lowest BCUT2D eigenvalue weighted by atomic mass is 10.2. The van der Waals surface area contributed by atoms with E-state index in [9.17, 15) is 0 Å². The van der Waals surface area contributed by atoms with Crippen LogP contribution in [0.3, 0.4) is 0 Å². The third kappa shape index (κ3) is 3.23. The lowest BCUT2D eigenvalue weighted by molar-refractivity contribution is 0.302. The minimum absolute atomic E-state index is 0.540. The van der Waals surface area contributed by atoms with Gasteiger partial charge in [-0.25, -0.2) is 4.98 Å². The molecule has 0 radical (unpaired) electrons. The second-order valence-corrected chi connectivity index (χ2v) is 4.98. The Hall–Kier alpha value is -2.33. The molecule has 0 fully saturated rings. The van der Waals surface area contributed by atoms with E-state index in [4.69, 9.17) is 10.5 Å². The topological polar surface area (TPSA) is 53.1 Å². The van der Waals surface area contributed by atoms with Crippen molar-refractivity contribution in [2.24, 2.45) is 5.73 Å². The second kappa shape index (κ2) is 6.41. The van der Waals surface area contributed by atoms with Gasteiger partial charge in [-0.15, -0.1) is 0 Å². The number of imidazole rings is 1. The van der Waals surface area contributed by atoms with Gasteiger partial charge in [0.25, 0.3) is 0 Å².